The smallest absolute Gasteiger partial charge is 0.141 e. The van der Waals surface area contributed by atoms with Gasteiger partial charge in [-0.25, -0.2) is 0 Å². The summed E-state index contributed by atoms with van der Waals surface area (Å²) in [5.41, 5.74) is 8.57. The minimum atomic E-state index is 0.634. The topological polar surface area (TPSA) is 38.5 Å². The van der Waals surface area contributed by atoms with E-state index in [1.165, 1.54) is 44.5 Å². The molecule has 0 aromatic heterocycles. The van der Waals surface area contributed by atoms with Crippen LogP contribution in [0.5, 0.6) is 5.75 Å². The predicted octanol–water partition coefficient (Wildman–Crippen LogP) is 2.66. The summed E-state index contributed by atoms with van der Waals surface area (Å²) in [4.78, 5) is 2.47. The molecule has 3 nitrogen and oxygen atoms in total. The molecule has 1 aromatic rings. The van der Waals surface area contributed by atoms with Gasteiger partial charge in [0, 0.05) is 18.8 Å². The maximum atomic E-state index is 5.96. The van der Waals surface area contributed by atoms with Gasteiger partial charge >= 0.3 is 0 Å². The lowest BCUT2D eigenvalue weighted by Crippen LogP contribution is -2.33. The molecule has 1 aliphatic heterocycles. The summed E-state index contributed by atoms with van der Waals surface area (Å²) in [6.45, 7) is 2.38. The Labute approximate surface area is 103 Å². The highest BCUT2D eigenvalue weighted by Gasteiger charge is 2.42. The highest BCUT2D eigenvalue weighted by atomic mass is 16.5. The van der Waals surface area contributed by atoms with Crippen molar-refractivity contribution in [3.05, 3.63) is 18.2 Å². The van der Waals surface area contributed by atoms with Gasteiger partial charge in [-0.05, 0) is 42.9 Å². The van der Waals surface area contributed by atoms with Crippen molar-refractivity contribution in [2.45, 2.75) is 25.7 Å². The molecule has 0 unspecified atom stereocenters. The Morgan fingerprint density at radius 2 is 2.12 bits per heavy atom. The molecule has 2 fully saturated rings. The fourth-order valence-corrected chi connectivity index (χ4v) is 3.16. The van der Waals surface area contributed by atoms with Gasteiger partial charge in [0.25, 0.3) is 0 Å². The van der Waals surface area contributed by atoms with Crippen LogP contribution >= 0.6 is 0 Å². The van der Waals surface area contributed by atoms with Crippen LogP contribution in [0, 0.1) is 5.41 Å². The summed E-state index contributed by atoms with van der Waals surface area (Å²) >= 11 is 0. The van der Waals surface area contributed by atoms with Crippen molar-refractivity contribution in [1.29, 1.82) is 0 Å². The number of hydrogen-bond acceptors (Lipinski definition) is 3. The maximum absolute atomic E-state index is 5.96. The molecular weight excluding hydrogens is 212 g/mol. The van der Waals surface area contributed by atoms with Crippen molar-refractivity contribution in [3.63, 3.8) is 0 Å². The van der Waals surface area contributed by atoms with Gasteiger partial charge in [-0.15, -0.1) is 0 Å². The summed E-state index contributed by atoms with van der Waals surface area (Å²) in [6, 6.07) is 6.12. The number of hydrogen-bond donors (Lipinski definition) is 1. The van der Waals surface area contributed by atoms with E-state index in [1.54, 1.807) is 7.11 Å². The molecule has 1 saturated carbocycles. The zero-order valence-corrected chi connectivity index (χ0v) is 10.4. The average Bonchev–Trinajstić information content (AvgIpc) is 2.73. The summed E-state index contributed by atoms with van der Waals surface area (Å²) in [5.74, 6) is 0.770. The van der Waals surface area contributed by atoms with E-state index in [0.29, 0.717) is 5.41 Å². The molecular formula is C14H20N2O. The van der Waals surface area contributed by atoms with E-state index >= 15 is 0 Å². The number of nitrogens with two attached hydrogens (primary N) is 1. The molecule has 0 atom stereocenters. The van der Waals surface area contributed by atoms with Crippen LogP contribution < -0.4 is 15.4 Å². The Kier molecular flexibility index (Phi) is 2.42. The van der Waals surface area contributed by atoms with E-state index in [1.807, 2.05) is 12.1 Å². The zero-order chi connectivity index (χ0) is 11.9. The molecule has 0 radical (unpaired) electrons. The number of methoxy groups -OCH3 is 1. The molecule has 92 valence electrons. The largest absolute Gasteiger partial charge is 0.495 e. The summed E-state index contributed by atoms with van der Waals surface area (Å²) in [7, 11) is 1.66. The van der Waals surface area contributed by atoms with Crippen LogP contribution in [-0.4, -0.2) is 20.2 Å². The average molecular weight is 232 g/mol. The normalized spacial score (nSPS) is 21.6. The number of anilines is 2. The first-order chi connectivity index (χ1) is 8.22. The van der Waals surface area contributed by atoms with Gasteiger partial charge in [-0.1, -0.05) is 6.42 Å². The molecule has 3 rings (SSSR count). The summed E-state index contributed by atoms with van der Waals surface area (Å²) in [5, 5.41) is 0. The Morgan fingerprint density at radius 1 is 1.29 bits per heavy atom. The molecule has 2 N–H and O–H groups in total. The molecule has 0 bridgehead atoms. The monoisotopic (exact) mass is 232 g/mol. The number of nitrogen functional groups attached to an aromatic ring is 1. The zero-order valence-electron chi connectivity index (χ0n) is 10.4. The first-order valence-electron chi connectivity index (χ1n) is 6.41. The van der Waals surface area contributed by atoms with E-state index < -0.39 is 0 Å². The maximum Gasteiger partial charge on any atom is 0.141 e. The van der Waals surface area contributed by atoms with Gasteiger partial charge in [-0.2, -0.15) is 0 Å². The first-order valence-corrected chi connectivity index (χ1v) is 6.41. The first kappa shape index (κ1) is 10.8. The van der Waals surface area contributed by atoms with Crippen LogP contribution in [0.25, 0.3) is 0 Å². The minimum absolute atomic E-state index is 0.634. The van der Waals surface area contributed by atoms with Crippen LogP contribution in [0.3, 0.4) is 0 Å². The molecule has 3 heteroatoms. The predicted molar refractivity (Wildman–Crippen MR) is 70.5 cm³/mol. The fraction of sp³-hybridized carbons (Fsp3) is 0.571. The lowest BCUT2D eigenvalue weighted by molar-refractivity contribution is 0.165. The summed E-state index contributed by atoms with van der Waals surface area (Å²) < 4.78 is 5.19. The molecule has 0 amide bonds. The lowest BCUT2D eigenvalue weighted by atomic mass is 9.68. The number of ether oxygens (including phenoxy) is 1. The molecule has 1 spiro atoms. The Bertz CT molecular complexity index is 426. The molecule has 1 aliphatic carbocycles. The van der Waals surface area contributed by atoms with E-state index in [9.17, 15) is 0 Å². The molecule has 2 aliphatic rings. The third-order valence-electron chi connectivity index (χ3n) is 4.43. The van der Waals surface area contributed by atoms with Crippen molar-refractivity contribution >= 4 is 11.4 Å². The van der Waals surface area contributed by atoms with E-state index in [2.05, 4.69) is 11.0 Å². The summed E-state index contributed by atoms with van der Waals surface area (Å²) in [6.07, 6.45) is 5.59. The lowest BCUT2D eigenvalue weighted by Gasteiger charge is -2.38. The van der Waals surface area contributed by atoms with Gasteiger partial charge in [0.15, 0.2) is 0 Å². The highest BCUT2D eigenvalue weighted by Crippen LogP contribution is 2.49. The Balaban J connectivity index is 1.78. The Morgan fingerprint density at radius 3 is 2.65 bits per heavy atom. The van der Waals surface area contributed by atoms with Crippen molar-refractivity contribution in [3.8, 4) is 5.75 Å². The highest BCUT2D eigenvalue weighted by molar-refractivity contribution is 5.63. The van der Waals surface area contributed by atoms with Crippen LogP contribution in [-0.2, 0) is 0 Å². The van der Waals surface area contributed by atoms with Gasteiger partial charge in [-0.3, -0.25) is 0 Å². The number of benzene rings is 1. The van der Waals surface area contributed by atoms with Crippen molar-refractivity contribution < 1.29 is 4.74 Å². The van der Waals surface area contributed by atoms with E-state index in [-0.39, 0.29) is 0 Å². The van der Waals surface area contributed by atoms with Crippen molar-refractivity contribution in [2.24, 2.45) is 5.41 Å². The fourth-order valence-electron chi connectivity index (χ4n) is 3.16. The second-order valence-electron chi connectivity index (χ2n) is 5.45. The second-order valence-corrected chi connectivity index (χ2v) is 5.45. The van der Waals surface area contributed by atoms with Crippen molar-refractivity contribution in [2.75, 3.05) is 30.8 Å². The van der Waals surface area contributed by atoms with Crippen LogP contribution in [0.4, 0.5) is 11.4 Å². The molecule has 1 heterocycles. The third-order valence-corrected chi connectivity index (χ3v) is 4.43. The second kappa shape index (κ2) is 3.83. The van der Waals surface area contributed by atoms with Crippen molar-refractivity contribution in [1.82, 2.24) is 0 Å². The van der Waals surface area contributed by atoms with Gasteiger partial charge in [0.1, 0.15) is 5.75 Å². The van der Waals surface area contributed by atoms with Gasteiger partial charge in [0.2, 0.25) is 0 Å². The van der Waals surface area contributed by atoms with Crippen LogP contribution in [0.1, 0.15) is 25.7 Å². The minimum Gasteiger partial charge on any atom is -0.495 e. The number of nitrogens with zero attached hydrogens (tertiary/aromatic N) is 1. The number of rotatable bonds is 2. The van der Waals surface area contributed by atoms with Crippen LogP contribution in [0.15, 0.2) is 18.2 Å². The van der Waals surface area contributed by atoms with E-state index in [0.717, 1.165) is 11.4 Å². The SMILES string of the molecule is COc1ccc(N2CCC3(CCC3)C2)cc1N. The molecule has 1 aromatic carbocycles. The molecule has 1 saturated heterocycles. The third kappa shape index (κ3) is 1.74. The van der Waals surface area contributed by atoms with Crippen LogP contribution in [0.2, 0.25) is 0 Å². The Hall–Kier alpha value is -1.38. The van der Waals surface area contributed by atoms with Gasteiger partial charge in [0.05, 0.1) is 12.8 Å². The van der Waals surface area contributed by atoms with E-state index in [4.69, 9.17) is 10.5 Å². The standard InChI is InChI=1S/C14H20N2O/c1-17-13-4-3-11(9-12(13)15)16-8-7-14(10-16)5-2-6-14/h3-4,9H,2,5-8,10,15H2,1H3. The quantitative estimate of drug-likeness (QED) is 0.797. The van der Waals surface area contributed by atoms with Gasteiger partial charge < -0.3 is 15.4 Å². The molecule has 17 heavy (non-hydrogen) atoms.